The normalized spacial score (nSPS) is 19.4. The Morgan fingerprint density at radius 1 is 1.42 bits per heavy atom. The lowest BCUT2D eigenvalue weighted by atomic mass is 10.0. The van der Waals surface area contributed by atoms with Crippen molar-refractivity contribution in [3.05, 3.63) is 23.7 Å². The molecule has 1 aliphatic rings. The number of nitrogens with zero attached hydrogens (tertiary/aromatic N) is 1. The van der Waals surface area contributed by atoms with E-state index in [1.165, 1.54) is 24.9 Å². The van der Waals surface area contributed by atoms with Crippen LogP contribution < -0.4 is 5.32 Å². The molecule has 0 saturated carbocycles. The molecule has 0 atom stereocenters. The molecular formula is C16H28N2O. The van der Waals surface area contributed by atoms with Crippen molar-refractivity contribution in [2.45, 2.75) is 59.2 Å². The summed E-state index contributed by atoms with van der Waals surface area (Å²) in [5.41, 5.74) is 1.62. The molecule has 3 nitrogen and oxygen atoms in total. The minimum Gasteiger partial charge on any atom is -0.468 e. The lowest BCUT2D eigenvalue weighted by Gasteiger charge is -2.31. The van der Waals surface area contributed by atoms with Gasteiger partial charge in [0, 0.05) is 17.6 Å². The molecule has 0 aliphatic carbocycles. The summed E-state index contributed by atoms with van der Waals surface area (Å²) in [4.78, 5) is 2.54. The smallest absolute Gasteiger partial charge is 0.122 e. The van der Waals surface area contributed by atoms with Crippen molar-refractivity contribution in [3.63, 3.8) is 0 Å². The van der Waals surface area contributed by atoms with Gasteiger partial charge in [0.25, 0.3) is 0 Å². The maximum Gasteiger partial charge on any atom is 0.122 e. The first-order valence-corrected chi connectivity index (χ1v) is 7.50. The maximum absolute atomic E-state index is 5.70. The molecule has 1 aromatic rings. The minimum atomic E-state index is 0.315. The van der Waals surface area contributed by atoms with Crippen molar-refractivity contribution in [3.8, 4) is 0 Å². The number of nitrogens with one attached hydrogen (secondary N) is 1. The molecule has 0 amide bonds. The number of furan rings is 1. The van der Waals surface area contributed by atoms with E-state index in [4.69, 9.17) is 4.42 Å². The van der Waals surface area contributed by atoms with E-state index in [-0.39, 0.29) is 0 Å². The largest absolute Gasteiger partial charge is 0.468 e. The summed E-state index contributed by atoms with van der Waals surface area (Å²) in [7, 11) is 0. The molecule has 2 rings (SSSR count). The predicted molar refractivity (Wildman–Crippen MR) is 79.0 cm³/mol. The highest BCUT2D eigenvalue weighted by Gasteiger charge is 2.32. The van der Waals surface area contributed by atoms with Crippen LogP contribution in [0.25, 0.3) is 0 Å². The molecule has 1 saturated heterocycles. The zero-order valence-corrected chi connectivity index (χ0v) is 12.8. The van der Waals surface area contributed by atoms with Gasteiger partial charge in [0.05, 0.1) is 12.8 Å². The van der Waals surface area contributed by atoms with Gasteiger partial charge in [0.2, 0.25) is 0 Å². The molecule has 0 bridgehead atoms. The third-order valence-electron chi connectivity index (χ3n) is 4.11. The van der Waals surface area contributed by atoms with Crippen LogP contribution in [0.5, 0.6) is 0 Å². The monoisotopic (exact) mass is 264 g/mol. The lowest BCUT2D eigenvalue weighted by Crippen LogP contribution is -2.37. The number of rotatable bonds is 6. The van der Waals surface area contributed by atoms with Gasteiger partial charge in [0.1, 0.15) is 5.76 Å². The number of likely N-dealkylation sites (tertiary alicyclic amines) is 1. The van der Waals surface area contributed by atoms with Gasteiger partial charge in [0.15, 0.2) is 0 Å². The summed E-state index contributed by atoms with van der Waals surface area (Å²) >= 11 is 0. The van der Waals surface area contributed by atoms with Crippen molar-refractivity contribution < 1.29 is 4.42 Å². The summed E-state index contributed by atoms with van der Waals surface area (Å²) in [6.07, 6.45) is 4.41. The Morgan fingerprint density at radius 3 is 2.84 bits per heavy atom. The molecule has 1 aliphatic heterocycles. The maximum atomic E-state index is 5.70. The second-order valence-electron chi connectivity index (χ2n) is 6.73. The summed E-state index contributed by atoms with van der Waals surface area (Å²) in [5, 5.41) is 3.49. The molecule has 0 unspecified atom stereocenters. The average Bonchev–Trinajstić information content (AvgIpc) is 2.87. The third-order valence-corrected chi connectivity index (χ3v) is 4.11. The van der Waals surface area contributed by atoms with Gasteiger partial charge >= 0.3 is 0 Å². The van der Waals surface area contributed by atoms with Gasteiger partial charge in [-0.05, 0) is 51.8 Å². The number of hydrogen-bond donors (Lipinski definition) is 1. The molecule has 2 heterocycles. The lowest BCUT2D eigenvalue weighted by molar-refractivity contribution is 0.153. The van der Waals surface area contributed by atoms with Gasteiger partial charge in [-0.2, -0.15) is 0 Å². The van der Waals surface area contributed by atoms with E-state index in [0.29, 0.717) is 11.5 Å². The SMILES string of the molecule is CC(C)CNCc1ccoc1CN1CCCC1(C)C. The average molecular weight is 264 g/mol. The van der Waals surface area contributed by atoms with Crippen LogP contribution in [-0.4, -0.2) is 23.5 Å². The van der Waals surface area contributed by atoms with Gasteiger partial charge < -0.3 is 9.73 Å². The van der Waals surface area contributed by atoms with Crippen LogP contribution in [0, 0.1) is 5.92 Å². The zero-order chi connectivity index (χ0) is 13.9. The highest BCUT2D eigenvalue weighted by molar-refractivity contribution is 5.17. The highest BCUT2D eigenvalue weighted by Crippen LogP contribution is 2.30. The third kappa shape index (κ3) is 3.83. The summed E-state index contributed by atoms with van der Waals surface area (Å²) in [6, 6.07) is 2.10. The molecule has 0 radical (unpaired) electrons. The van der Waals surface area contributed by atoms with E-state index in [9.17, 15) is 0 Å². The Kier molecular flexibility index (Phi) is 4.69. The van der Waals surface area contributed by atoms with E-state index in [0.717, 1.165) is 25.4 Å². The summed E-state index contributed by atoms with van der Waals surface area (Å²) < 4.78 is 5.70. The fourth-order valence-corrected chi connectivity index (χ4v) is 2.79. The van der Waals surface area contributed by atoms with Crippen molar-refractivity contribution in [2.75, 3.05) is 13.1 Å². The highest BCUT2D eigenvalue weighted by atomic mass is 16.3. The van der Waals surface area contributed by atoms with E-state index in [1.54, 1.807) is 0 Å². The molecule has 3 heteroatoms. The Labute approximate surface area is 117 Å². The second kappa shape index (κ2) is 6.10. The van der Waals surface area contributed by atoms with Crippen LogP contribution in [-0.2, 0) is 13.1 Å². The van der Waals surface area contributed by atoms with Crippen molar-refractivity contribution in [1.82, 2.24) is 10.2 Å². The molecule has 1 fully saturated rings. The molecule has 0 aromatic carbocycles. The Bertz CT molecular complexity index is 395. The zero-order valence-electron chi connectivity index (χ0n) is 12.8. The van der Waals surface area contributed by atoms with Gasteiger partial charge in [-0.3, -0.25) is 4.90 Å². The van der Waals surface area contributed by atoms with E-state index in [1.807, 2.05) is 6.26 Å². The topological polar surface area (TPSA) is 28.4 Å². The Balaban J connectivity index is 1.92. The second-order valence-corrected chi connectivity index (χ2v) is 6.73. The fraction of sp³-hybridized carbons (Fsp3) is 0.750. The Hall–Kier alpha value is -0.800. The van der Waals surface area contributed by atoms with E-state index < -0.39 is 0 Å². The molecule has 108 valence electrons. The first-order valence-electron chi connectivity index (χ1n) is 7.50. The van der Waals surface area contributed by atoms with Crippen LogP contribution >= 0.6 is 0 Å². The fourth-order valence-electron chi connectivity index (χ4n) is 2.79. The molecule has 0 spiro atoms. The van der Waals surface area contributed by atoms with Crippen LogP contribution in [0.4, 0.5) is 0 Å². The van der Waals surface area contributed by atoms with Gasteiger partial charge in [-0.25, -0.2) is 0 Å². The quantitative estimate of drug-likeness (QED) is 0.853. The van der Waals surface area contributed by atoms with E-state index >= 15 is 0 Å². The van der Waals surface area contributed by atoms with Crippen LogP contribution in [0.1, 0.15) is 51.9 Å². The van der Waals surface area contributed by atoms with Gasteiger partial charge in [-0.15, -0.1) is 0 Å². The standard InChI is InChI=1S/C16H28N2O/c1-13(2)10-17-11-14-6-9-19-15(14)12-18-8-5-7-16(18,3)4/h6,9,13,17H,5,7-8,10-12H2,1-4H3. The van der Waals surface area contributed by atoms with Crippen molar-refractivity contribution >= 4 is 0 Å². The van der Waals surface area contributed by atoms with E-state index in [2.05, 4.69) is 44.0 Å². The minimum absolute atomic E-state index is 0.315. The first-order chi connectivity index (χ1) is 8.99. The van der Waals surface area contributed by atoms with Crippen molar-refractivity contribution in [1.29, 1.82) is 0 Å². The van der Waals surface area contributed by atoms with Crippen LogP contribution in [0.15, 0.2) is 16.7 Å². The number of hydrogen-bond acceptors (Lipinski definition) is 3. The molecular weight excluding hydrogens is 236 g/mol. The Morgan fingerprint density at radius 2 is 2.21 bits per heavy atom. The molecule has 19 heavy (non-hydrogen) atoms. The first kappa shape index (κ1) is 14.6. The van der Waals surface area contributed by atoms with Crippen LogP contribution in [0.3, 0.4) is 0 Å². The summed E-state index contributed by atoms with van der Waals surface area (Å²) in [6.45, 7) is 13.2. The molecule has 1 aromatic heterocycles. The van der Waals surface area contributed by atoms with Crippen LogP contribution in [0.2, 0.25) is 0 Å². The predicted octanol–water partition coefficient (Wildman–Crippen LogP) is 3.40. The van der Waals surface area contributed by atoms with Gasteiger partial charge in [-0.1, -0.05) is 13.8 Å². The molecule has 1 N–H and O–H groups in total. The summed E-state index contributed by atoms with van der Waals surface area (Å²) in [5.74, 6) is 1.82. The van der Waals surface area contributed by atoms with Crippen molar-refractivity contribution in [2.24, 2.45) is 5.92 Å².